The third kappa shape index (κ3) is 2.72. The van der Waals surface area contributed by atoms with E-state index >= 15 is 0 Å². The molecule has 1 heterocycles. The molecule has 0 aliphatic heterocycles. The van der Waals surface area contributed by atoms with E-state index in [-0.39, 0.29) is 12.4 Å². The van der Waals surface area contributed by atoms with Crippen LogP contribution in [0.25, 0.3) is 11.0 Å². The SMILES string of the molecule is Nc1cccc2cc(COc3ccccc3C(F)(F)F)oc12. The van der Waals surface area contributed by atoms with Gasteiger partial charge in [0.1, 0.15) is 18.1 Å². The van der Waals surface area contributed by atoms with E-state index in [9.17, 15) is 13.2 Å². The number of hydrogen-bond acceptors (Lipinski definition) is 3. The number of alkyl halides is 3. The number of rotatable bonds is 3. The van der Waals surface area contributed by atoms with Crippen LogP contribution >= 0.6 is 0 Å². The minimum atomic E-state index is -4.46. The van der Waals surface area contributed by atoms with E-state index in [1.54, 1.807) is 18.2 Å². The summed E-state index contributed by atoms with van der Waals surface area (Å²) in [6.07, 6.45) is -4.46. The molecule has 3 rings (SSSR count). The standard InChI is InChI=1S/C16H12F3NO2/c17-16(18,19)12-5-1-2-7-14(12)21-9-11-8-10-4-3-6-13(20)15(10)22-11/h1-8H,9,20H2. The van der Waals surface area contributed by atoms with E-state index in [0.29, 0.717) is 17.0 Å². The first kappa shape index (κ1) is 14.3. The molecule has 0 aliphatic rings. The number of hydrogen-bond donors (Lipinski definition) is 1. The van der Waals surface area contributed by atoms with Gasteiger partial charge < -0.3 is 14.9 Å². The molecule has 22 heavy (non-hydrogen) atoms. The van der Waals surface area contributed by atoms with E-state index in [1.807, 2.05) is 6.07 Å². The zero-order valence-electron chi connectivity index (χ0n) is 11.4. The minimum absolute atomic E-state index is 0.110. The van der Waals surface area contributed by atoms with Crippen LogP contribution in [-0.2, 0) is 12.8 Å². The molecule has 0 radical (unpaired) electrons. The molecule has 0 saturated carbocycles. The Morgan fingerprint density at radius 1 is 1.05 bits per heavy atom. The van der Waals surface area contributed by atoms with E-state index < -0.39 is 11.7 Å². The van der Waals surface area contributed by atoms with Crippen LogP contribution in [-0.4, -0.2) is 0 Å². The van der Waals surface area contributed by atoms with Gasteiger partial charge in [-0.3, -0.25) is 0 Å². The lowest BCUT2D eigenvalue weighted by molar-refractivity contribution is -0.139. The zero-order chi connectivity index (χ0) is 15.7. The summed E-state index contributed by atoms with van der Waals surface area (Å²) in [4.78, 5) is 0. The summed E-state index contributed by atoms with van der Waals surface area (Å²) < 4.78 is 49.4. The Bertz CT molecular complexity index is 809. The number of benzene rings is 2. The lowest BCUT2D eigenvalue weighted by Gasteiger charge is -2.12. The van der Waals surface area contributed by atoms with Crippen molar-refractivity contribution in [3.05, 3.63) is 59.9 Å². The van der Waals surface area contributed by atoms with Gasteiger partial charge in [-0.2, -0.15) is 13.2 Å². The number of furan rings is 1. The highest BCUT2D eigenvalue weighted by Gasteiger charge is 2.34. The van der Waals surface area contributed by atoms with Crippen molar-refractivity contribution in [3.63, 3.8) is 0 Å². The fourth-order valence-electron chi connectivity index (χ4n) is 2.19. The van der Waals surface area contributed by atoms with Gasteiger partial charge in [0.15, 0.2) is 5.58 Å². The van der Waals surface area contributed by atoms with Gasteiger partial charge in [0.05, 0.1) is 11.3 Å². The Morgan fingerprint density at radius 3 is 2.55 bits per heavy atom. The number of nitrogen functional groups attached to an aromatic ring is 1. The summed E-state index contributed by atoms with van der Waals surface area (Å²) in [7, 11) is 0. The monoisotopic (exact) mass is 307 g/mol. The van der Waals surface area contributed by atoms with Crippen molar-refractivity contribution in [2.75, 3.05) is 5.73 Å². The van der Waals surface area contributed by atoms with Crippen LogP contribution in [0.2, 0.25) is 0 Å². The van der Waals surface area contributed by atoms with Crippen LogP contribution in [0.4, 0.5) is 18.9 Å². The molecule has 0 amide bonds. The minimum Gasteiger partial charge on any atom is -0.485 e. The predicted molar refractivity (Wildman–Crippen MR) is 76.4 cm³/mol. The maximum absolute atomic E-state index is 12.9. The van der Waals surface area contributed by atoms with Crippen LogP contribution in [0.15, 0.2) is 52.9 Å². The van der Waals surface area contributed by atoms with Crippen LogP contribution in [0.3, 0.4) is 0 Å². The number of halogens is 3. The summed E-state index contributed by atoms with van der Waals surface area (Å²) in [6, 6.07) is 12.0. The van der Waals surface area contributed by atoms with Gasteiger partial charge in [0.25, 0.3) is 0 Å². The smallest absolute Gasteiger partial charge is 0.419 e. The van der Waals surface area contributed by atoms with Crippen LogP contribution < -0.4 is 10.5 Å². The second kappa shape index (κ2) is 5.29. The van der Waals surface area contributed by atoms with E-state index in [0.717, 1.165) is 11.5 Å². The van der Waals surface area contributed by atoms with Crippen molar-refractivity contribution in [1.82, 2.24) is 0 Å². The van der Waals surface area contributed by atoms with Crippen molar-refractivity contribution >= 4 is 16.7 Å². The molecule has 0 atom stereocenters. The summed E-state index contributed by atoms with van der Waals surface area (Å²) in [6.45, 7) is -0.110. The molecule has 0 aliphatic carbocycles. The molecular formula is C16H12F3NO2. The van der Waals surface area contributed by atoms with Crippen LogP contribution in [0.5, 0.6) is 5.75 Å². The number of anilines is 1. The van der Waals surface area contributed by atoms with Gasteiger partial charge >= 0.3 is 6.18 Å². The first-order valence-corrected chi connectivity index (χ1v) is 6.51. The van der Waals surface area contributed by atoms with Crippen molar-refractivity contribution in [2.24, 2.45) is 0 Å². The number of ether oxygens (including phenoxy) is 1. The molecule has 3 nitrogen and oxygen atoms in total. The first-order valence-electron chi connectivity index (χ1n) is 6.51. The van der Waals surface area contributed by atoms with Crippen molar-refractivity contribution in [2.45, 2.75) is 12.8 Å². The maximum Gasteiger partial charge on any atom is 0.419 e. The third-order valence-corrected chi connectivity index (χ3v) is 3.19. The second-order valence-electron chi connectivity index (χ2n) is 4.76. The predicted octanol–water partition coefficient (Wildman–Crippen LogP) is 4.61. The fraction of sp³-hybridized carbons (Fsp3) is 0.125. The molecule has 0 fully saturated rings. The molecule has 3 aromatic rings. The second-order valence-corrected chi connectivity index (χ2v) is 4.76. The van der Waals surface area contributed by atoms with Gasteiger partial charge in [-0.05, 0) is 24.3 Å². The molecule has 0 unspecified atom stereocenters. The van der Waals surface area contributed by atoms with Crippen LogP contribution in [0, 0.1) is 0 Å². The quantitative estimate of drug-likeness (QED) is 0.719. The summed E-state index contributed by atoms with van der Waals surface area (Å²) in [5.41, 5.74) is 5.94. The molecular weight excluding hydrogens is 295 g/mol. The highest BCUT2D eigenvalue weighted by atomic mass is 19.4. The number of nitrogens with two attached hydrogens (primary N) is 1. The van der Waals surface area contributed by atoms with Gasteiger partial charge in [-0.15, -0.1) is 0 Å². The Morgan fingerprint density at radius 2 is 1.82 bits per heavy atom. The van der Waals surface area contributed by atoms with Gasteiger partial charge in [0, 0.05) is 5.39 Å². The normalized spacial score (nSPS) is 11.8. The Balaban J connectivity index is 1.84. The average molecular weight is 307 g/mol. The molecule has 0 saturated heterocycles. The van der Waals surface area contributed by atoms with Gasteiger partial charge in [0.2, 0.25) is 0 Å². The average Bonchev–Trinajstić information content (AvgIpc) is 2.89. The van der Waals surface area contributed by atoms with Crippen molar-refractivity contribution in [3.8, 4) is 5.75 Å². The zero-order valence-corrected chi connectivity index (χ0v) is 11.4. The van der Waals surface area contributed by atoms with Gasteiger partial charge in [-0.1, -0.05) is 24.3 Å². The molecule has 0 bridgehead atoms. The maximum atomic E-state index is 12.9. The van der Waals surface area contributed by atoms with Gasteiger partial charge in [-0.25, -0.2) is 0 Å². The summed E-state index contributed by atoms with van der Waals surface area (Å²) in [5, 5.41) is 0.780. The van der Waals surface area contributed by atoms with E-state index in [1.165, 1.54) is 18.2 Å². The molecule has 0 spiro atoms. The highest BCUT2D eigenvalue weighted by molar-refractivity contribution is 5.88. The molecule has 2 N–H and O–H groups in total. The fourth-order valence-corrected chi connectivity index (χ4v) is 2.19. The Kier molecular flexibility index (Phi) is 3.44. The largest absolute Gasteiger partial charge is 0.485 e. The summed E-state index contributed by atoms with van der Waals surface area (Å²) in [5.74, 6) is 0.174. The topological polar surface area (TPSA) is 48.4 Å². The molecule has 114 valence electrons. The molecule has 2 aromatic carbocycles. The lowest BCUT2D eigenvalue weighted by Crippen LogP contribution is -2.08. The number of fused-ring (bicyclic) bond motifs is 1. The van der Waals surface area contributed by atoms with E-state index in [4.69, 9.17) is 14.9 Å². The van der Waals surface area contributed by atoms with Crippen LogP contribution in [0.1, 0.15) is 11.3 Å². The Labute approximate surface area is 124 Å². The number of para-hydroxylation sites is 2. The van der Waals surface area contributed by atoms with E-state index in [2.05, 4.69) is 0 Å². The highest BCUT2D eigenvalue weighted by Crippen LogP contribution is 2.36. The van der Waals surface area contributed by atoms with Crippen molar-refractivity contribution in [1.29, 1.82) is 0 Å². The summed E-state index contributed by atoms with van der Waals surface area (Å²) >= 11 is 0. The lowest BCUT2D eigenvalue weighted by atomic mass is 10.2. The third-order valence-electron chi connectivity index (χ3n) is 3.19. The molecule has 6 heteroatoms. The van der Waals surface area contributed by atoms with Crippen molar-refractivity contribution < 1.29 is 22.3 Å². The molecule has 1 aromatic heterocycles. The Hall–Kier alpha value is -2.63. The first-order chi connectivity index (χ1) is 10.4.